The number of aromatic nitrogens is 1. The smallest absolute Gasteiger partial charge is 0.305 e. The van der Waals surface area contributed by atoms with Gasteiger partial charge in [-0.15, -0.1) is 11.8 Å². The highest BCUT2D eigenvalue weighted by molar-refractivity contribution is 8.00. The molecule has 5 unspecified atom stereocenters. The number of thiazole rings is 1. The molecule has 1 aromatic heterocycles. The molecule has 33 heavy (non-hydrogen) atoms. The lowest BCUT2D eigenvalue weighted by Gasteiger charge is -2.43. The lowest BCUT2D eigenvalue weighted by atomic mass is 9.68. The Morgan fingerprint density at radius 1 is 0.909 bits per heavy atom. The summed E-state index contributed by atoms with van der Waals surface area (Å²) in [6.07, 6.45) is 0.916. The third kappa shape index (κ3) is 2.63. The van der Waals surface area contributed by atoms with Crippen molar-refractivity contribution in [1.29, 1.82) is 0 Å². The fraction of sp³-hybridized carbons (Fsp3) is 0.346. The SMILES string of the molecule is Cc1ccc(N2C(=O)C3C(C2=O)[C@@H]2C[C@H]3C3Sc4[nH]c(=O)sc4C(c4ccccc4)C32)cc1. The Morgan fingerprint density at radius 3 is 2.33 bits per heavy atom. The van der Waals surface area contributed by atoms with Crippen LogP contribution in [0.5, 0.6) is 0 Å². The summed E-state index contributed by atoms with van der Waals surface area (Å²) in [5.74, 6) is 0.0616. The molecule has 3 fully saturated rings. The molecule has 2 aliphatic heterocycles. The molecule has 7 atom stereocenters. The molecule has 2 bridgehead atoms. The predicted octanol–water partition coefficient (Wildman–Crippen LogP) is 4.42. The van der Waals surface area contributed by atoms with Crippen LogP contribution in [0.2, 0.25) is 0 Å². The van der Waals surface area contributed by atoms with E-state index in [0.717, 1.165) is 21.9 Å². The Balaban J connectivity index is 1.33. The number of carbonyl (C=O) groups is 2. The molecule has 7 heteroatoms. The summed E-state index contributed by atoms with van der Waals surface area (Å²) in [6, 6.07) is 18.0. The number of amides is 2. The van der Waals surface area contributed by atoms with Crippen LogP contribution < -0.4 is 9.77 Å². The monoisotopic (exact) mass is 474 g/mol. The normalized spacial score (nSPS) is 33.8. The van der Waals surface area contributed by atoms with Crippen LogP contribution in [0.4, 0.5) is 5.69 Å². The van der Waals surface area contributed by atoms with Crippen molar-refractivity contribution < 1.29 is 9.59 Å². The van der Waals surface area contributed by atoms with Gasteiger partial charge in [0.05, 0.1) is 22.5 Å². The van der Waals surface area contributed by atoms with E-state index < -0.39 is 0 Å². The van der Waals surface area contributed by atoms with E-state index in [2.05, 4.69) is 17.1 Å². The average Bonchev–Trinajstić information content (AvgIpc) is 3.54. The first kappa shape index (κ1) is 19.8. The molecule has 7 rings (SSSR count). The molecule has 3 aromatic rings. The van der Waals surface area contributed by atoms with E-state index in [1.54, 1.807) is 11.8 Å². The Hall–Kier alpha value is -2.64. The Bertz CT molecular complexity index is 1350. The summed E-state index contributed by atoms with van der Waals surface area (Å²) in [5, 5.41) is 1.19. The van der Waals surface area contributed by atoms with E-state index in [0.29, 0.717) is 5.69 Å². The molecule has 4 aliphatic rings. The van der Waals surface area contributed by atoms with Gasteiger partial charge in [-0.1, -0.05) is 59.4 Å². The van der Waals surface area contributed by atoms with Gasteiger partial charge in [0.2, 0.25) is 11.8 Å². The Morgan fingerprint density at radius 2 is 1.61 bits per heavy atom. The maximum absolute atomic E-state index is 13.7. The molecule has 166 valence electrons. The van der Waals surface area contributed by atoms with E-state index in [1.807, 2.05) is 49.4 Å². The van der Waals surface area contributed by atoms with Crippen LogP contribution in [0.15, 0.2) is 64.4 Å². The van der Waals surface area contributed by atoms with Crippen molar-refractivity contribution >= 4 is 40.6 Å². The van der Waals surface area contributed by atoms with Gasteiger partial charge in [-0.05, 0) is 48.8 Å². The number of nitrogens with zero attached hydrogens (tertiary/aromatic N) is 1. The molecule has 2 amide bonds. The van der Waals surface area contributed by atoms with E-state index in [4.69, 9.17) is 0 Å². The number of H-pyrrole nitrogens is 1. The van der Waals surface area contributed by atoms with Gasteiger partial charge in [0, 0.05) is 16.0 Å². The first-order valence-electron chi connectivity index (χ1n) is 11.4. The van der Waals surface area contributed by atoms with Crippen LogP contribution in [0, 0.1) is 36.5 Å². The number of aryl methyl sites for hydroxylation is 1. The minimum atomic E-state index is -0.255. The summed E-state index contributed by atoms with van der Waals surface area (Å²) in [7, 11) is 0. The average molecular weight is 475 g/mol. The van der Waals surface area contributed by atoms with Crippen LogP contribution in [0.3, 0.4) is 0 Å². The first-order chi connectivity index (χ1) is 16.0. The molecule has 2 saturated carbocycles. The maximum Gasteiger partial charge on any atom is 0.305 e. The Kier molecular flexibility index (Phi) is 4.16. The minimum Gasteiger partial charge on any atom is -0.307 e. The fourth-order valence-corrected chi connectivity index (χ4v) is 9.89. The van der Waals surface area contributed by atoms with Crippen molar-refractivity contribution in [3.63, 3.8) is 0 Å². The van der Waals surface area contributed by atoms with E-state index in [9.17, 15) is 14.4 Å². The molecule has 2 aromatic carbocycles. The second kappa shape index (κ2) is 6.93. The lowest BCUT2D eigenvalue weighted by molar-refractivity contribution is -0.123. The molecular formula is C26H22N2O3S2. The molecule has 2 aliphatic carbocycles. The number of carbonyl (C=O) groups excluding carboxylic acids is 2. The fourth-order valence-electron chi connectivity index (χ4n) is 7.00. The number of benzene rings is 2. The van der Waals surface area contributed by atoms with Crippen molar-refractivity contribution in [3.8, 4) is 0 Å². The number of anilines is 1. The van der Waals surface area contributed by atoms with Crippen molar-refractivity contribution in [2.45, 2.75) is 29.5 Å². The summed E-state index contributed by atoms with van der Waals surface area (Å²) in [4.78, 5) is 45.1. The van der Waals surface area contributed by atoms with Crippen LogP contribution in [-0.2, 0) is 9.59 Å². The molecular weight excluding hydrogens is 452 g/mol. The summed E-state index contributed by atoms with van der Waals surface area (Å²) < 4.78 is 0. The van der Waals surface area contributed by atoms with Gasteiger partial charge in [-0.25, -0.2) is 0 Å². The quantitative estimate of drug-likeness (QED) is 0.558. The van der Waals surface area contributed by atoms with Gasteiger partial charge in [0.15, 0.2) is 0 Å². The number of nitrogens with one attached hydrogen (secondary N) is 1. The number of imide groups is 1. The molecule has 0 radical (unpaired) electrons. The van der Waals surface area contributed by atoms with Gasteiger partial charge >= 0.3 is 4.87 Å². The first-order valence-corrected chi connectivity index (χ1v) is 13.1. The third-order valence-electron chi connectivity index (χ3n) is 8.17. The minimum absolute atomic E-state index is 0.0290. The molecule has 5 nitrogen and oxygen atoms in total. The number of thioether (sulfide) groups is 1. The summed E-state index contributed by atoms with van der Waals surface area (Å²) in [5.41, 5.74) is 2.98. The molecule has 0 spiro atoms. The van der Waals surface area contributed by atoms with Gasteiger partial charge in [-0.2, -0.15) is 0 Å². The van der Waals surface area contributed by atoms with Crippen LogP contribution in [0.1, 0.15) is 28.3 Å². The topological polar surface area (TPSA) is 70.2 Å². The summed E-state index contributed by atoms with van der Waals surface area (Å²) >= 11 is 3.03. The number of hydrogen-bond acceptors (Lipinski definition) is 5. The molecule has 3 heterocycles. The Labute approximate surface area is 199 Å². The van der Waals surface area contributed by atoms with Gasteiger partial charge < -0.3 is 4.98 Å². The number of aromatic amines is 1. The highest BCUT2D eigenvalue weighted by atomic mass is 32.2. The third-order valence-corrected chi connectivity index (χ3v) is 10.8. The van der Waals surface area contributed by atoms with E-state index in [-0.39, 0.29) is 57.4 Å². The van der Waals surface area contributed by atoms with Crippen molar-refractivity contribution in [1.82, 2.24) is 4.98 Å². The largest absolute Gasteiger partial charge is 0.307 e. The van der Waals surface area contributed by atoms with Gasteiger partial charge in [0.25, 0.3) is 0 Å². The van der Waals surface area contributed by atoms with E-state index >= 15 is 0 Å². The van der Waals surface area contributed by atoms with Crippen LogP contribution in [-0.4, -0.2) is 22.0 Å². The standard InChI is InChI=1S/C26H22N2O3S2/c1-12-7-9-14(10-8-12)28-24(29)19-15-11-16(20(19)25(28)30)21-18(15)17(13-5-3-2-4-6-13)22-23(32-21)27-26(31)33-22/h2-10,15-21H,11H2,1H3,(H,27,31)/t15-,16-,17?,18?,19?,20?,21?/m1/s1. The second-order valence-electron chi connectivity index (χ2n) is 9.72. The van der Waals surface area contributed by atoms with Crippen LogP contribution in [0.25, 0.3) is 0 Å². The maximum atomic E-state index is 13.7. The second-order valence-corrected chi connectivity index (χ2v) is 11.9. The van der Waals surface area contributed by atoms with Crippen molar-refractivity contribution in [2.75, 3.05) is 4.90 Å². The lowest BCUT2D eigenvalue weighted by Crippen LogP contribution is -2.42. The van der Waals surface area contributed by atoms with Crippen LogP contribution >= 0.6 is 23.1 Å². The van der Waals surface area contributed by atoms with Gasteiger partial charge in [-0.3, -0.25) is 19.3 Å². The number of fused-ring (bicyclic) bond motifs is 9. The van der Waals surface area contributed by atoms with Crippen molar-refractivity contribution in [2.24, 2.45) is 29.6 Å². The zero-order chi connectivity index (χ0) is 22.4. The van der Waals surface area contributed by atoms with Gasteiger partial charge in [0.1, 0.15) is 0 Å². The zero-order valence-corrected chi connectivity index (χ0v) is 19.6. The predicted molar refractivity (Wildman–Crippen MR) is 129 cm³/mol. The zero-order valence-electron chi connectivity index (χ0n) is 17.9. The summed E-state index contributed by atoms with van der Waals surface area (Å²) in [6.45, 7) is 2.00. The molecule has 1 saturated heterocycles. The number of rotatable bonds is 2. The molecule has 1 N–H and O–H groups in total. The van der Waals surface area contributed by atoms with Crippen molar-refractivity contribution in [3.05, 3.63) is 80.3 Å². The highest BCUT2D eigenvalue weighted by Gasteiger charge is 2.69. The van der Waals surface area contributed by atoms with E-state index in [1.165, 1.54) is 21.8 Å². The highest BCUT2D eigenvalue weighted by Crippen LogP contribution is 2.68. The number of hydrogen-bond donors (Lipinski definition) is 1.